The van der Waals surface area contributed by atoms with Crippen LogP contribution in [0.2, 0.25) is 0 Å². The lowest BCUT2D eigenvalue weighted by Gasteiger charge is -2.21. The van der Waals surface area contributed by atoms with Crippen LogP contribution >= 0.6 is 0 Å². The molecule has 0 saturated carbocycles. The average Bonchev–Trinajstić information content (AvgIpc) is 3.26. The van der Waals surface area contributed by atoms with E-state index in [2.05, 4.69) is 45.6 Å². The third-order valence-electron chi connectivity index (χ3n) is 3.86. The summed E-state index contributed by atoms with van der Waals surface area (Å²) in [7, 11) is 0. The Morgan fingerprint density at radius 3 is 2.92 bits per heavy atom. The van der Waals surface area contributed by atoms with E-state index in [0.29, 0.717) is 24.7 Å². The number of fused-ring (bicyclic) bond motifs is 1. The van der Waals surface area contributed by atoms with Crippen molar-refractivity contribution in [3.05, 3.63) is 36.5 Å². The topological polar surface area (TPSA) is 77.7 Å². The molecule has 3 aromatic heterocycles. The molecule has 0 aromatic carbocycles. The Morgan fingerprint density at radius 1 is 1.32 bits per heavy atom. The minimum atomic E-state index is -0.0536. The standard InChI is InChI=1S/C19H21N5O/c1-4-5-8-24(11-13(2)3)19(25)16-9-14(10-21-16)17-15-6-7-20-18(15)23-12-22-17/h6-7,9-10,12-13,21H,8,11H2,1-3H3,(H,20,22,23). The largest absolute Gasteiger partial charge is 0.357 e. The molecule has 3 rings (SSSR count). The Hall–Kier alpha value is -3.07. The SMILES string of the molecule is CC#CCN(CC(C)C)C(=O)c1cc(-c2ncnc3[nH]ccc23)c[nH]1. The van der Waals surface area contributed by atoms with Crippen molar-refractivity contribution in [3.8, 4) is 23.1 Å². The van der Waals surface area contributed by atoms with Crippen molar-refractivity contribution >= 4 is 16.9 Å². The van der Waals surface area contributed by atoms with Gasteiger partial charge in [0.1, 0.15) is 17.7 Å². The van der Waals surface area contributed by atoms with Crippen LogP contribution in [0, 0.1) is 17.8 Å². The minimum absolute atomic E-state index is 0.0536. The maximum Gasteiger partial charge on any atom is 0.271 e. The van der Waals surface area contributed by atoms with Crippen molar-refractivity contribution in [2.45, 2.75) is 20.8 Å². The first-order valence-electron chi connectivity index (χ1n) is 8.26. The quantitative estimate of drug-likeness (QED) is 0.703. The highest BCUT2D eigenvalue weighted by molar-refractivity contribution is 5.96. The molecule has 0 unspecified atom stereocenters. The Kier molecular flexibility index (Phi) is 4.85. The van der Waals surface area contributed by atoms with Gasteiger partial charge in [-0.1, -0.05) is 19.8 Å². The number of amides is 1. The highest BCUT2D eigenvalue weighted by Crippen LogP contribution is 2.25. The van der Waals surface area contributed by atoms with Crippen LogP contribution in [0.3, 0.4) is 0 Å². The number of hydrogen-bond donors (Lipinski definition) is 2. The number of carbonyl (C=O) groups is 1. The lowest BCUT2D eigenvalue weighted by Crippen LogP contribution is -2.34. The van der Waals surface area contributed by atoms with E-state index < -0.39 is 0 Å². The van der Waals surface area contributed by atoms with Gasteiger partial charge in [0, 0.05) is 29.9 Å². The van der Waals surface area contributed by atoms with Crippen molar-refractivity contribution in [3.63, 3.8) is 0 Å². The third kappa shape index (κ3) is 3.56. The van der Waals surface area contributed by atoms with Gasteiger partial charge in [-0.2, -0.15) is 0 Å². The monoisotopic (exact) mass is 335 g/mol. The van der Waals surface area contributed by atoms with Gasteiger partial charge in [-0.25, -0.2) is 9.97 Å². The zero-order chi connectivity index (χ0) is 17.8. The van der Waals surface area contributed by atoms with E-state index in [9.17, 15) is 4.79 Å². The number of aromatic nitrogens is 4. The number of aromatic amines is 2. The molecule has 6 nitrogen and oxygen atoms in total. The van der Waals surface area contributed by atoms with E-state index in [0.717, 1.165) is 22.3 Å². The van der Waals surface area contributed by atoms with Gasteiger partial charge in [0.15, 0.2) is 0 Å². The molecule has 0 aliphatic carbocycles. The fraction of sp³-hybridized carbons (Fsp3) is 0.316. The molecule has 128 valence electrons. The van der Waals surface area contributed by atoms with E-state index in [1.807, 2.05) is 18.3 Å². The molecule has 0 spiro atoms. The number of hydrogen-bond acceptors (Lipinski definition) is 3. The number of rotatable bonds is 5. The maximum absolute atomic E-state index is 12.8. The third-order valence-corrected chi connectivity index (χ3v) is 3.86. The van der Waals surface area contributed by atoms with Crippen molar-refractivity contribution in [1.29, 1.82) is 0 Å². The van der Waals surface area contributed by atoms with Gasteiger partial charge in [0.25, 0.3) is 5.91 Å². The lowest BCUT2D eigenvalue weighted by atomic mass is 10.1. The molecule has 0 radical (unpaired) electrons. The van der Waals surface area contributed by atoms with E-state index in [1.54, 1.807) is 18.0 Å². The Bertz CT molecular complexity index is 941. The normalized spacial score (nSPS) is 10.7. The second kappa shape index (κ2) is 7.22. The molecule has 3 heterocycles. The molecule has 0 atom stereocenters. The molecular weight excluding hydrogens is 314 g/mol. The summed E-state index contributed by atoms with van der Waals surface area (Å²) in [5.74, 6) is 6.15. The number of nitrogens with one attached hydrogen (secondary N) is 2. The van der Waals surface area contributed by atoms with Crippen LogP contribution in [0.5, 0.6) is 0 Å². The number of carbonyl (C=O) groups excluding carboxylic acids is 1. The molecule has 0 aliphatic rings. The molecule has 0 bridgehead atoms. The van der Waals surface area contributed by atoms with E-state index in [-0.39, 0.29) is 5.91 Å². The lowest BCUT2D eigenvalue weighted by molar-refractivity contribution is 0.0754. The van der Waals surface area contributed by atoms with Crippen LogP contribution in [0.4, 0.5) is 0 Å². The molecule has 6 heteroatoms. The van der Waals surface area contributed by atoms with E-state index in [1.165, 1.54) is 6.33 Å². The second-order valence-electron chi connectivity index (χ2n) is 6.27. The van der Waals surface area contributed by atoms with Gasteiger partial charge >= 0.3 is 0 Å². The fourth-order valence-corrected chi connectivity index (χ4v) is 2.76. The summed E-state index contributed by atoms with van der Waals surface area (Å²) < 4.78 is 0. The van der Waals surface area contributed by atoms with Crippen LogP contribution < -0.4 is 0 Å². The summed E-state index contributed by atoms with van der Waals surface area (Å²) in [6.07, 6.45) is 5.15. The van der Waals surface area contributed by atoms with Crippen molar-refractivity contribution < 1.29 is 4.79 Å². The summed E-state index contributed by atoms with van der Waals surface area (Å²) in [5, 5.41) is 0.927. The number of H-pyrrole nitrogens is 2. The minimum Gasteiger partial charge on any atom is -0.357 e. The highest BCUT2D eigenvalue weighted by atomic mass is 16.2. The van der Waals surface area contributed by atoms with Gasteiger partial charge in [0.05, 0.1) is 12.2 Å². The summed E-state index contributed by atoms with van der Waals surface area (Å²) in [4.78, 5) is 29.3. The van der Waals surface area contributed by atoms with Crippen molar-refractivity contribution in [1.82, 2.24) is 24.8 Å². The first-order chi connectivity index (χ1) is 12.1. The summed E-state index contributed by atoms with van der Waals surface area (Å²) in [5.41, 5.74) is 2.97. The van der Waals surface area contributed by atoms with Gasteiger partial charge < -0.3 is 14.9 Å². The van der Waals surface area contributed by atoms with Crippen molar-refractivity contribution in [2.75, 3.05) is 13.1 Å². The maximum atomic E-state index is 12.8. The van der Waals surface area contributed by atoms with Gasteiger partial charge in [-0.15, -0.1) is 5.92 Å². The molecule has 2 N–H and O–H groups in total. The molecule has 25 heavy (non-hydrogen) atoms. The molecule has 3 aromatic rings. The van der Waals surface area contributed by atoms with Gasteiger partial charge in [0.2, 0.25) is 0 Å². The molecule has 0 saturated heterocycles. The molecule has 0 fully saturated rings. The van der Waals surface area contributed by atoms with Crippen LogP contribution in [0.15, 0.2) is 30.9 Å². The van der Waals surface area contributed by atoms with Gasteiger partial charge in [-0.05, 0) is 25.0 Å². The summed E-state index contributed by atoms with van der Waals surface area (Å²) in [6, 6.07) is 3.77. The second-order valence-corrected chi connectivity index (χ2v) is 6.27. The Morgan fingerprint density at radius 2 is 2.16 bits per heavy atom. The van der Waals surface area contributed by atoms with Crippen LogP contribution in [-0.2, 0) is 0 Å². The average molecular weight is 335 g/mol. The fourth-order valence-electron chi connectivity index (χ4n) is 2.76. The zero-order valence-electron chi connectivity index (χ0n) is 14.6. The summed E-state index contributed by atoms with van der Waals surface area (Å²) in [6.45, 7) is 7.05. The first-order valence-corrected chi connectivity index (χ1v) is 8.26. The predicted octanol–water partition coefficient (Wildman–Crippen LogP) is 3.07. The molecule has 0 aliphatic heterocycles. The van der Waals surface area contributed by atoms with Crippen LogP contribution in [-0.4, -0.2) is 43.8 Å². The Balaban J connectivity index is 1.90. The van der Waals surface area contributed by atoms with Crippen LogP contribution in [0.25, 0.3) is 22.3 Å². The van der Waals surface area contributed by atoms with Crippen molar-refractivity contribution in [2.24, 2.45) is 5.92 Å². The Labute approximate surface area is 146 Å². The van der Waals surface area contributed by atoms with E-state index in [4.69, 9.17) is 0 Å². The highest BCUT2D eigenvalue weighted by Gasteiger charge is 2.19. The van der Waals surface area contributed by atoms with Gasteiger partial charge in [-0.3, -0.25) is 4.79 Å². The molecular formula is C19H21N5O. The smallest absolute Gasteiger partial charge is 0.271 e. The van der Waals surface area contributed by atoms with E-state index >= 15 is 0 Å². The number of nitrogens with zero attached hydrogens (tertiary/aromatic N) is 3. The first kappa shape index (κ1) is 16.8. The zero-order valence-corrected chi connectivity index (χ0v) is 14.6. The predicted molar refractivity (Wildman–Crippen MR) is 97.9 cm³/mol. The van der Waals surface area contributed by atoms with Crippen LogP contribution in [0.1, 0.15) is 31.3 Å². The summed E-state index contributed by atoms with van der Waals surface area (Å²) >= 11 is 0. The molecule has 1 amide bonds.